The summed E-state index contributed by atoms with van der Waals surface area (Å²) in [5.74, 6) is 0.802. The van der Waals surface area contributed by atoms with Gasteiger partial charge in [0.05, 0.1) is 5.76 Å². The Morgan fingerprint density at radius 3 is 2.35 bits per heavy atom. The van der Waals surface area contributed by atoms with E-state index in [0.717, 1.165) is 39.1 Å². The van der Waals surface area contributed by atoms with Gasteiger partial charge < -0.3 is 14.5 Å². The summed E-state index contributed by atoms with van der Waals surface area (Å²) in [6.07, 6.45) is 3.03. The minimum absolute atomic E-state index is 0. The van der Waals surface area contributed by atoms with E-state index in [0.29, 0.717) is 0 Å². The molecule has 0 unspecified atom stereocenters. The monoisotopic (exact) mass is 591 g/mol. The summed E-state index contributed by atoms with van der Waals surface area (Å²) in [7, 11) is 0. The van der Waals surface area contributed by atoms with Crippen LogP contribution in [0.25, 0.3) is 33.6 Å². The number of hydrogen-bond acceptors (Lipinski definition) is 4. The molecular formula is C26H24IrNO3-. The van der Waals surface area contributed by atoms with Crippen LogP contribution in [0.15, 0.2) is 77.0 Å². The predicted octanol–water partition coefficient (Wildman–Crippen LogP) is 6.61. The first-order valence-corrected chi connectivity index (χ1v) is 9.65. The number of aliphatic hydroxyl groups is 1. The average molecular weight is 591 g/mol. The predicted molar refractivity (Wildman–Crippen MR) is 120 cm³/mol. The quantitative estimate of drug-likeness (QED) is 0.166. The first-order valence-electron chi connectivity index (χ1n) is 9.65. The van der Waals surface area contributed by atoms with E-state index in [4.69, 9.17) is 9.52 Å². The number of aromatic nitrogens is 1. The van der Waals surface area contributed by atoms with Gasteiger partial charge in [0.25, 0.3) is 0 Å². The van der Waals surface area contributed by atoms with Crippen molar-refractivity contribution in [2.45, 2.75) is 27.7 Å². The molecule has 0 saturated heterocycles. The fourth-order valence-corrected chi connectivity index (χ4v) is 3.15. The Kier molecular flexibility index (Phi) is 8.49. The van der Waals surface area contributed by atoms with Crippen molar-refractivity contribution >= 4 is 16.8 Å². The van der Waals surface area contributed by atoms with Gasteiger partial charge in [-0.25, -0.2) is 0 Å². The molecule has 0 saturated carbocycles. The molecule has 0 fully saturated rings. The molecule has 5 heteroatoms. The number of nitrogens with zero attached hydrogens (tertiary/aromatic N) is 1. The van der Waals surface area contributed by atoms with E-state index < -0.39 is 0 Å². The van der Waals surface area contributed by atoms with Gasteiger partial charge in [-0.1, -0.05) is 44.2 Å². The molecule has 2 aromatic carbocycles. The number of aryl methyl sites for hydroxylation is 2. The Morgan fingerprint density at radius 1 is 1.06 bits per heavy atom. The Balaban J connectivity index is 0.000000373. The number of ketones is 1. The van der Waals surface area contributed by atoms with Gasteiger partial charge in [0.15, 0.2) is 5.78 Å². The fraction of sp³-hybridized carbons (Fsp3) is 0.154. The zero-order chi connectivity index (χ0) is 21.7. The minimum atomic E-state index is -0.125. The molecule has 31 heavy (non-hydrogen) atoms. The van der Waals surface area contributed by atoms with Crippen LogP contribution in [-0.2, 0) is 24.9 Å². The van der Waals surface area contributed by atoms with Gasteiger partial charge in [-0.3, -0.25) is 4.79 Å². The smallest absolute Gasteiger partial charge is 0.155 e. The zero-order valence-corrected chi connectivity index (χ0v) is 20.3. The van der Waals surface area contributed by atoms with Crippen LogP contribution in [0.2, 0.25) is 0 Å². The molecule has 0 aliphatic rings. The Hall–Kier alpha value is -3.01. The maximum Gasteiger partial charge on any atom is 0.155 e. The van der Waals surface area contributed by atoms with Gasteiger partial charge in [-0.05, 0) is 31.7 Å². The number of pyridine rings is 1. The molecule has 0 aliphatic carbocycles. The first kappa shape index (κ1) is 24.3. The maximum atomic E-state index is 10.0. The Labute approximate surface area is 196 Å². The SMILES string of the molecule is CC(=O)/C=C(/C)O.Cc1[c-]c(-c2cc3oc(-c4ccccc4)cc3cn2)cc(C)c1.[Ir]. The van der Waals surface area contributed by atoms with Crippen molar-refractivity contribution in [2.24, 2.45) is 0 Å². The first-order chi connectivity index (χ1) is 14.3. The largest absolute Gasteiger partial charge is 0.512 e. The second-order valence-electron chi connectivity index (χ2n) is 7.23. The van der Waals surface area contributed by atoms with Gasteiger partial charge >= 0.3 is 0 Å². The molecule has 4 aromatic rings. The van der Waals surface area contributed by atoms with Gasteiger partial charge in [0, 0.05) is 43.3 Å². The summed E-state index contributed by atoms with van der Waals surface area (Å²) in [6.45, 7) is 6.99. The normalized spacial score (nSPS) is 10.8. The summed E-state index contributed by atoms with van der Waals surface area (Å²) in [5, 5.41) is 9.37. The topological polar surface area (TPSA) is 63.3 Å². The standard InChI is InChI=1S/C21H16NO.C5H8O2.Ir/c1-14-8-15(2)10-17(9-14)19-12-21-18(13-22-19)11-20(23-21)16-6-4-3-5-7-16;1-4(6)3-5(2)7;/h3-9,11-13H,1-2H3;3,6H,1-2H3;/q-1;;/b;4-3-;. The second-order valence-corrected chi connectivity index (χ2v) is 7.23. The van der Waals surface area contributed by atoms with Crippen molar-refractivity contribution in [1.82, 2.24) is 4.98 Å². The molecular weight excluding hydrogens is 567 g/mol. The fourth-order valence-electron chi connectivity index (χ4n) is 3.15. The van der Waals surface area contributed by atoms with E-state index in [1.165, 1.54) is 25.5 Å². The average Bonchev–Trinajstić information content (AvgIpc) is 3.11. The van der Waals surface area contributed by atoms with Crippen molar-refractivity contribution in [3.63, 3.8) is 0 Å². The molecule has 0 atom stereocenters. The molecule has 0 amide bonds. The van der Waals surface area contributed by atoms with E-state index in [1.807, 2.05) is 48.7 Å². The third kappa shape index (κ3) is 6.74. The van der Waals surface area contributed by atoms with E-state index in [2.05, 4.69) is 37.0 Å². The van der Waals surface area contributed by atoms with Crippen LogP contribution < -0.4 is 0 Å². The van der Waals surface area contributed by atoms with Crippen molar-refractivity contribution in [3.8, 4) is 22.6 Å². The number of rotatable bonds is 3. The number of benzene rings is 2. The van der Waals surface area contributed by atoms with Crippen LogP contribution in [0, 0.1) is 19.9 Å². The number of furan rings is 1. The van der Waals surface area contributed by atoms with Crippen LogP contribution in [0.1, 0.15) is 25.0 Å². The number of carbonyl (C=O) groups is 1. The van der Waals surface area contributed by atoms with Crippen LogP contribution in [0.3, 0.4) is 0 Å². The van der Waals surface area contributed by atoms with E-state index in [9.17, 15) is 4.79 Å². The van der Waals surface area contributed by atoms with Gasteiger partial charge in [-0.2, -0.15) is 0 Å². The molecule has 1 radical (unpaired) electrons. The molecule has 0 spiro atoms. The van der Waals surface area contributed by atoms with Crippen LogP contribution >= 0.6 is 0 Å². The molecule has 2 heterocycles. The Bertz CT molecular complexity index is 1190. The minimum Gasteiger partial charge on any atom is -0.512 e. The molecule has 2 aromatic heterocycles. The number of fused-ring (bicyclic) bond motifs is 1. The number of carbonyl (C=O) groups excluding carboxylic acids is 1. The van der Waals surface area contributed by atoms with Crippen molar-refractivity contribution in [3.05, 3.63) is 89.8 Å². The molecule has 0 aliphatic heterocycles. The van der Waals surface area contributed by atoms with Crippen LogP contribution in [0.5, 0.6) is 0 Å². The molecule has 0 bridgehead atoms. The zero-order valence-electron chi connectivity index (χ0n) is 17.9. The molecule has 161 valence electrons. The number of hydrogen-bond donors (Lipinski definition) is 1. The van der Waals surface area contributed by atoms with E-state index >= 15 is 0 Å². The van der Waals surface area contributed by atoms with Gasteiger partial charge in [-0.15, -0.1) is 34.9 Å². The molecule has 1 N–H and O–H groups in total. The Morgan fingerprint density at radius 2 is 1.77 bits per heavy atom. The van der Waals surface area contributed by atoms with Crippen LogP contribution in [-0.4, -0.2) is 15.9 Å². The molecule has 4 rings (SSSR count). The number of allylic oxidation sites excluding steroid dienone is 2. The third-order valence-corrected chi connectivity index (χ3v) is 4.30. The van der Waals surface area contributed by atoms with Gasteiger partial charge in [0.1, 0.15) is 11.3 Å². The maximum absolute atomic E-state index is 10.0. The summed E-state index contributed by atoms with van der Waals surface area (Å²) >= 11 is 0. The second kappa shape index (κ2) is 10.9. The van der Waals surface area contributed by atoms with Crippen molar-refractivity contribution in [1.29, 1.82) is 0 Å². The van der Waals surface area contributed by atoms with E-state index in [-0.39, 0.29) is 31.6 Å². The van der Waals surface area contributed by atoms with E-state index in [1.54, 1.807) is 0 Å². The molecule has 4 nitrogen and oxygen atoms in total. The van der Waals surface area contributed by atoms with Gasteiger partial charge in [0.2, 0.25) is 0 Å². The summed E-state index contributed by atoms with van der Waals surface area (Å²) in [5.41, 5.74) is 6.14. The summed E-state index contributed by atoms with van der Waals surface area (Å²) in [6, 6.07) is 21.7. The third-order valence-electron chi connectivity index (χ3n) is 4.30. The van der Waals surface area contributed by atoms with Crippen LogP contribution in [0.4, 0.5) is 0 Å². The van der Waals surface area contributed by atoms with Crippen molar-refractivity contribution < 1.29 is 34.4 Å². The number of aliphatic hydroxyl groups excluding tert-OH is 1. The summed E-state index contributed by atoms with van der Waals surface area (Å²) in [4.78, 5) is 14.6. The van der Waals surface area contributed by atoms with Crippen molar-refractivity contribution in [2.75, 3.05) is 0 Å². The summed E-state index contributed by atoms with van der Waals surface area (Å²) < 4.78 is 6.02.